The molecule has 0 unspecified atom stereocenters. The number of H-pyrrole nitrogens is 1. The molecule has 0 radical (unpaired) electrons. The van der Waals surface area contributed by atoms with Crippen LogP contribution in [0.2, 0.25) is 0 Å². The van der Waals surface area contributed by atoms with Gasteiger partial charge < -0.3 is 10.3 Å². The van der Waals surface area contributed by atoms with Crippen LogP contribution in [0.3, 0.4) is 0 Å². The van der Waals surface area contributed by atoms with Crippen LogP contribution in [-0.2, 0) is 0 Å². The van der Waals surface area contributed by atoms with E-state index < -0.39 is 0 Å². The highest BCUT2D eigenvalue weighted by Gasteiger charge is 2.16. The van der Waals surface area contributed by atoms with Gasteiger partial charge in [0.2, 0.25) is 0 Å². The number of fused-ring (bicyclic) bond motifs is 1. The maximum Gasteiger partial charge on any atom is 0.166 e. The highest BCUT2D eigenvalue weighted by Crippen LogP contribution is 2.22. The van der Waals surface area contributed by atoms with E-state index in [0.717, 1.165) is 27.9 Å². The molecule has 3 rings (SSSR count). The molecule has 0 spiro atoms. The molecule has 1 aliphatic rings. The summed E-state index contributed by atoms with van der Waals surface area (Å²) in [6, 6.07) is 6.35. The van der Waals surface area contributed by atoms with Crippen LogP contribution in [0.25, 0.3) is 11.0 Å². The standard InChI is InChI=1S/C13H17N3S/c1-9-2-3-11-12(6-9)16-13(15-11)17-5-4-10-7-14-8-10/h2-3,6,10,14H,4-5,7-8H2,1H3,(H,15,16). The number of aromatic amines is 1. The largest absolute Gasteiger partial charge is 0.333 e. The van der Waals surface area contributed by atoms with Gasteiger partial charge >= 0.3 is 0 Å². The maximum absolute atomic E-state index is 4.59. The Bertz CT molecular complexity index is 516. The molecule has 17 heavy (non-hydrogen) atoms. The number of aromatic nitrogens is 2. The van der Waals surface area contributed by atoms with Crippen LogP contribution < -0.4 is 5.32 Å². The summed E-state index contributed by atoms with van der Waals surface area (Å²) < 4.78 is 0. The van der Waals surface area contributed by atoms with E-state index in [-0.39, 0.29) is 0 Å². The van der Waals surface area contributed by atoms with Crippen LogP contribution in [-0.4, -0.2) is 28.8 Å². The zero-order valence-electron chi connectivity index (χ0n) is 9.99. The molecule has 1 aromatic heterocycles. The van der Waals surface area contributed by atoms with Crippen molar-refractivity contribution in [2.45, 2.75) is 18.5 Å². The minimum Gasteiger partial charge on any atom is -0.333 e. The Kier molecular flexibility index (Phi) is 3.07. The molecule has 2 heterocycles. The minimum atomic E-state index is 0.883. The van der Waals surface area contributed by atoms with Crippen molar-refractivity contribution >= 4 is 22.8 Å². The monoisotopic (exact) mass is 247 g/mol. The molecule has 0 atom stereocenters. The van der Waals surface area contributed by atoms with Gasteiger partial charge in [-0.15, -0.1) is 0 Å². The summed E-state index contributed by atoms with van der Waals surface area (Å²) in [5.74, 6) is 2.04. The van der Waals surface area contributed by atoms with Gasteiger partial charge in [-0.05, 0) is 50.0 Å². The zero-order chi connectivity index (χ0) is 11.7. The van der Waals surface area contributed by atoms with Crippen molar-refractivity contribution in [3.05, 3.63) is 23.8 Å². The van der Waals surface area contributed by atoms with Gasteiger partial charge in [0.15, 0.2) is 5.16 Å². The number of nitrogens with zero attached hydrogens (tertiary/aromatic N) is 1. The van der Waals surface area contributed by atoms with Gasteiger partial charge in [0, 0.05) is 5.75 Å². The molecule has 90 valence electrons. The molecular weight excluding hydrogens is 230 g/mol. The van der Waals surface area contributed by atoms with Crippen LogP contribution in [0.1, 0.15) is 12.0 Å². The Labute approximate surface area is 105 Å². The number of imidazole rings is 1. The van der Waals surface area contributed by atoms with Gasteiger partial charge in [-0.1, -0.05) is 17.8 Å². The van der Waals surface area contributed by atoms with Crippen molar-refractivity contribution in [3.63, 3.8) is 0 Å². The molecule has 0 bridgehead atoms. The Morgan fingerprint density at radius 3 is 3.06 bits per heavy atom. The van der Waals surface area contributed by atoms with Crippen molar-refractivity contribution in [3.8, 4) is 0 Å². The molecule has 1 fully saturated rings. The molecule has 3 nitrogen and oxygen atoms in total. The smallest absolute Gasteiger partial charge is 0.166 e. The van der Waals surface area contributed by atoms with Gasteiger partial charge in [0.05, 0.1) is 11.0 Å². The fourth-order valence-corrected chi connectivity index (χ4v) is 3.03. The number of aryl methyl sites for hydroxylation is 1. The van der Waals surface area contributed by atoms with Crippen LogP contribution in [0, 0.1) is 12.8 Å². The summed E-state index contributed by atoms with van der Waals surface area (Å²) >= 11 is 1.84. The third kappa shape index (κ3) is 2.48. The molecule has 1 saturated heterocycles. The number of hydrogen-bond donors (Lipinski definition) is 2. The Hall–Kier alpha value is -1.00. The summed E-state index contributed by atoms with van der Waals surface area (Å²) in [6.45, 7) is 4.50. The van der Waals surface area contributed by atoms with Crippen LogP contribution in [0.4, 0.5) is 0 Å². The summed E-state index contributed by atoms with van der Waals surface area (Å²) in [5.41, 5.74) is 3.50. The number of benzene rings is 1. The topological polar surface area (TPSA) is 40.7 Å². The molecule has 1 aliphatic heterocycles. The summed E-state index contributed by atoms with van der Waals surface area (Å²) in [6.07, 6.45) is 1.29. The predicted molar refractivity (Wildman–Crippen MR) is 72.5 cm³/mol. The van der Waals surface area contributed by atoms with Crippen molar-refractivity contribution in [1.29, 1.82) is 0 Å². The number of hydrogen-bond acceptors (Lipinski definition) is 3. The second kappa shape index (κ2) is 4.70. The summed E-state index contributed by atoms with van der Waals surface area (Å²) in [7, 11) is 0. The molecule has 0 saturated carbocycles. The second-order valence-corrected chi connectivity index (χ2v) is 5.81. The lowest BCUT2D eigenvalue weighted by atomic mass is 10.0. The number of rotatable bonds is 4. The Morgan fingerprint density at radius 2 is 2.29 bits per heavy atom. The lowest BCUT2D eigenvalue weighted by Gasteiger charge is -2.26. The maximum atomic E-state index is 4.59. The van der Waals surface area contributed by atoms with Crippen molar-refractivity contribution < 1.29 is 0 Å². The minimum absolute atomic E-state index is 0.883. The zero-order valence-corrected chi connectivity index (χ0v) is 10.8. The second-order valence-electron chi connectivity index (χ2n) is 4.72. The van der Waals surface area contributed by atoms with Gasteiger partial charge in [-0.3, -0.25) is 0 Å². The van der Waals surface area contributed by atoms with E-state index in [1.165, 1.54) is 25.1 Å². The first-order valence-electron chi connectivity index (χ1n) is 6.11. The predicted octanol–water partition coefficient (Wildman–Crippen LogP) is 2.57. The molecule has 0 amide bonds. The van der Waals surface area contributed by atoms with Crippen LogP contribution in [0.5, 0.6) is 0 Å². The first-order chi connectivity index (χ1) is 8.31. The van der Waals surface area contributed by atoms with Crippen LogP contribution >= 0.6 is 11.8 Å². The van der Waals surface area contributed by atoms with E-state index >= 15 is 0 Å². The van der Waals surface area contributed by atoms with E-state index in [4.69, 9.17) is 0 Å². The lowest BCUT2D eigenvalue weighted by molar-refractivity contribution is 0.341. The average Bonchev–Trinajstić information content (AvgIpc) is 2.63. The first-order valence-corrected chi connectivity index (χ1v) is 7.10. The lowest BCUT2D eigenvalue weighted by Crippen LogP contribution is -2.42. The van der Waals surface area contributed by atoms with Crippen LogP contribution in [0.15, 0.2) is 23.4 Å². The van der Waals surface area contributed by atoms with E-state index in [2.05, 4.69) is 40.4 Å². The van der Waals surface area contributed by atoms with Crippen molar-refractivity contribution in [2.75, 3.05) is 18.8 Å². The normalized spacial score (nSPS) is 16.3. The highest BCUT2D eigenvalue weighted by atomic mass is 32.2. The number of nitrogens with one attached hydrogen (secondary N) is 2. The molecule has 2 N–H and O–H groups in total. The first kappa shape index (κ1) is 11.1. The Balaban J connectivity index is 1.64. The van der Waals surface area contributed by atoms with Gasteiger partial charge in [0.1, 0.15) is 0 Å². The third-order valence-corrected chi connectivity index (χ3v) is 4.15. The fraction of sp³-hybridized carbons (Fsp3) is 0.462. The van der Waals surface area contributed by atoms with E-state index in [1.54, 1.807) is 0 Å². The highest BCUT2D eigenvalue weighted by molar-refractivity contribution is 7.99. The van der Waals surface area contributed by atoms with E-state index in [1.807, 2.05) is 11.8 Å². The summed E-state index contributed by atoms with van der Waals surface area (Å²) in [5, 5.41) is 4.36. The molecule has 0 aliphatic carbocycles. The van der Waals surface area contributed by atoms with Crippen molar-refractivity contribution in [1.82, 2.24) is 15.3 Å². The molecule has 1 aromatic carbocycles. The molecule has 2 aromatic rings. The number of thioether (sulfide) groups is 1. The molecule has 4 heteroatoms. The van der Waals surface area contributed by atoms with Gasteiger partial charge in [-0.25, -0.2) is 4.98 Å². The van der Waals surface area contributed by atoms with E-state index in [9.17, 15) is 0 Å². The third-order valence-electron chi connectivity index (χ3n) is 3.25. The average molecular weight is 247 g/mol. The molecular formula is C13H17N3S. The van der Waals surface area contributed by atoms with E-state index in [0.29, 0.717) is 0 Å². The van der Waals surface area contributed by atoms with Gasteiger partial charge in [-0.2, -0.15) is 0 Å². The summed E-state index contributed by atoms with van der Waals surface area (Å²) in [4.78, 5) is 7.97. The van der Waals surface area contributed by atoms with Gasteiger partial charge in [0.25, 0.3) is 0 Å². The fourth-order valence-electron chi connectivity index (χ4n) is 2.04. The SMILES string of the molecule is Cc1ccc2nc(SCCC3CNC3)[nH]c2c1. The quantitative estimate of drug-likeness (QED) is 0.816. The van der Waals surface area contributed by atoms with Crippen molar-refractivity contribution in [2.24, 2.45) is 5.92 Å². The Morgan fingerprint density at radius 1 is 1.41 bits per heavy atom.